The fourth-order valence-corrected chi connectivity index (χ4v) is 3.45. The summed E-state index contributed by atoms with van der Waals surface area (Å²) in [5.41, 5.74) is 5.76. The first-order valence-electron chi connectivity index (χ1n) is 9.76. The molecule has 0 bridgehead atoms. The normalized spacial score (nSPS) is 20.3. The zero-order valence-electron chi connectivity index (χ0n) is 17.8. The third-order valence-electron chi connectivity index (χ3n) is 4.96. The smallest absolute Gasteiger partial charge is 0.143 e. The van der Waals surface area contributed by atoms with Gasteiger partial charge in [0.25, 0.3) is 0 Å². The second-order valence-corrected chi connectivity index (χ2v) is 8.32. The highest BCUT2D eigenvalue weighted by Gasteiger charge is 2.26. The van der Waals surface area contributed by atoms with Gasteiger partial charge >= 0.3 is 0 Å². The molecule has 1 aliphatic carbocycles. The van der Waals surface area contributed by atoms with Crippen molar-refractivity contribution >= 4 is 5.78 Å². The largest absolute Gasteiger partial charge is 0.304 e. The van der Waals surface area contributed by atoms with Gasteiger partial charge in [0.2, 0.25) is 0 Å². The number of ketones is 1. The number of hydrogen-bond acceptors (Lipinski definition) is 2. The van der Waals surface area contributed by atoms with E-state index in [9.17, 15) is 4.79 Å². The lowest BCUT2D eigenvalue weighted by molar-refractivity contribution is -0.116. The maximum atomic E-state index is 11.0. The molecule has 0 spiro atoms. The van der Waals surface area contributed by atoms with Gasteiger partial charge in [-0.1, -0.05) is 67.0 Å². The molecule has 0 saturated carbocycles. The summed E-state index contributed by atoms with van der Waals surface area (Å²) in [7, 11) is 0. The quantitative estimate of drug-likeness (QED) is 0.534. The van der Waals surface area contributed by atoms with Crippen LogP contribution in [-0.2, 0) is 4.79 Å². The Kier molecular flexibility index (Phi) is 9.01. The van der Waals surface area contributed by atoms with E-state index in [0.29, 0.717) is 6.54 Å². The van der Waals surface area contributed by atoms with Crippen molar-refractivity contribution in [2.75, 3.05) is 6.54 Å². The third kappa shape index (κ3) is 8.14. The van der Waals surface area contributed by atoms with E-state index in [1.54, 1.807) is 6.92 Å². The van der Waals surface area contributed by atoms with Gasteiger partial charge in [0, 0.05) is 6.04 Å². The molecule has 1 aliphatic rings. The minimum Gasteiger partial charge on any atom is -0.304 e. The Hall–Kier alpha value is -1.67. The van der Waals surface area contributed by atoms with E-state index < -0.39 is 0 Å². The zero-order chi connectivity index (χ0) is 19.7. The third-order valence-corrected chi connectivity index (χ3v) is 4.96. The van der Waals surface area contributed by atoms with Crippen molar-refractivity contribution in [1.82, 2.24) is 5.32 Å². The number of rotatable bonds is 8. The topological polar surface area (TPSA) is 29.1 Å². The highest BCUT2D eigenvalue weighted by molar-refractivity contribution is 5.77. The molecule has 1 atom stereocenters. The second-order valence-electron chi connectivity index (χ2n) is 8.32. The van der Waals surface area contributed by atoms with Crippen molar-refractivity contribution in [2.24, 2.45) is 5.41 Å². The Morgan fingerprint density at radius 2 is 1.88 bits per heavy atom. The van der Waals surface area contributed by atoms with Crippen LogP contribution in [0.2, 0.25) is 0 Å². The Bertz CT molecular complexity index is 641. The SMILES string of the molecule is CC(=O)CNC(C)/C=C(C)/C=C/C=C(C)/C=C/C1=C(C)CCCC1(C)C. The maximum Gasteiger partial charge on any atom is 0.143 e. The Labute approximate surface area is 160 Å². The van der Waals surface area contributed by atoms with E-state index in [-0.39, 0.29) is 17.2 Å². The van der Waals surface area contributed by atoms with Gasteiger partial charge in [-0.05, 0) is 64.9 Å². The molecule has 144 valence electrons. The molecule has 0 fully saturated rings. The van der Waals surface area contributed by atoms with Gasteiger partial charge in [0.15, 0.2) is 0 Å². The minimum atomic E-state index is 0.162. The summed E-state index contributed by atoms with van der Waals surface area (Å²) >= 11 is 0. The van der Waals surface area contributed by atoms with Crippen LogP contribution in [0.15, 0.2) is 58.7 Å². The first-order valence-corrected chi connectivity index (χ1v) is 9.76. The van der Waals surface area contributed by atoms with E-state index in [1.807, 2.05) is 0 Å². The lowest BCUT2D eigenvalue weighted by Crippen LogP contribution is -2.28. The van der Waals surface area contributed by atoms with Gasteiger partial charge in [-0.3, -0.25) is 4.79 Å². The lowest BCUT2D eigenvalue weighted by atomic mass is 9.72. The van der Waals surface area contributed by atoms with Gasteiger partial charge < -0.3 is 5.32 Å². The van der Waals surface area contributed by atoms with Gasteiger partial charge in [0.1, 0.15) is 5.78 Å². The van der Waals surface area contributed by atoms with Crippen molar-refractivity contribution in [3.05, 3.63) is 58.7 Å². The molecule has 1 N–H and O–H groups in total. The van der Waals surface area contributed by atoms with E-state index >= 15 is 0 Å². The number of hydrogen-bond donors (Lipinski definition) is 1. The molecule has 26 heavy (non-hydrogen) atoms. The maximum absolute atomic E-state index is 11.0. The van der Waals surface area contributed by atoms with Crippen molar-refractivity contribution < 1.29 is 4.79 Å². The average molecular weight is 356 g/mol. The average Bonchev–Trinajstić information content (AvgIpc) is 2.51. The summed E-state index contributed by atoms with van der Waals surface area (Å²) in [6.45, 7) is 15.3. The van der Waals surface area contributed by atoms with Crippen molar-refractivity contribution in [3.8, 4) is 0 Å². The number of Topliss-reactive ketones (excluding diaryl/α,β-unsaturated/α-hetero) is 1. The summed E-state index contributed by atoms with van der Waals surface area (Å²) < 4.78 is 0. The van der Waals surface area contributed by atoms with Crippen LogP contribution in [-0.4, -0.2) is 18.4 Å². The minimum absolute atomic E-state index is 0.162. The van der Waals surface area contributed by atoms with Crippen LogP contribution < -0.4 is 5.32 Å². The van der Waals surface area contributed by atoms with Crippen LogP contribution in [0.3, 0.4) is 0 Å². The fourth-order valence-electron chi connectivity index (χ4n) is 3.45. The van der Waals surface area contributed by atoms with E-state index in [4.69, 9.17) is 0 Å². The Balaban J connectivity index is 2.67. The van der Waals surface area contributed by atoms with Gasteiger partial charge in [-0.15, -0.1) is 0 Å². The predicted molar refractivity (Wildman–Crippen MR) is 114 cm³/mol. The van der Waals surface area contributed by atoms with Crippen LogP contribution in [0.1, 0.15) is 67.7 Å². The van der Waals surface area contributed by atoms with Crippen LogP contribution in [0.4, 0.5) is 0 Å². The van der Waals surface area contributed by atoms with Crippen molar-refractivity contribution in [1.29, 1.82) is 0 Å². The van der Waals surface area contributed by atoms with Gasteiger partial charge in [0.05, 0.1) is 6.54 Å². The summed E-state index contributed by atoms with van der Waals surface area (Å²) in [6, 6.07) is 0.192. The summed E-state index contributed by atoms with van der Waals surface area (Å²) in [5, 5.41) is 3.19. The monoisotopic (exact) mass is 355 g/mol. The molecule has 2 nitrogen and oxygen atoms in total. The first kappa shape index (κ1) is 22.4. The number of nitrogens with one attached hydrogen (secondary N) is 1. The van der Waals surface area contributed by atoms with E-state index in [1.165, 1.54) is 41.6 Å². The van der Waals surface area contributed by atoms with Gasteiger partial charge in [-0.25, -0.2) is 0 Å². The van der Waals surface area contributed by atoms with Crippen molar-refractivity contribution in [2.45, 2.75) is 73.8 Å². The zero-order valence-corrected chi connectivity index (χ0v) is 17.8. The Morgan fingerprint density at radius 3 is 2.50 bits per heavy atom. The van der Waals surface area contributed by atoms with Crippen LogP contribution in [0.5, 0.6) is 0 Å². The summed E-state index contributed by atoms with van der Waals surface area (Å²) in [6.07, 6.45) is 16.8. The number of carbonyl (C=O) groups excluding carboxylic acids is 1. The van der Waals surface area contributed by atoms with E-state index in [0.717, 1.165) is 0 Å². The molecule has 0 aromatic rings. The summed E-state index contributed by atoms with van der Waals surface area (Å²) in [5.74, 6) is 0.162. The highest BCUT2D eigenvalue weighted by atomic mass is 16.1. The van der Waals surface area contributed by atoms with Crippen molar-refractivity contribution in [3.63, 3.8) is 0 Å². The molecule has 0 radical (unpaired) electrons. The Morgan fingerprint density at radius 1 is 1.19 bits per heavy atom. The van der Waals surface area contributed by atoms with Crippen LogP contribution >= 0.6 is 0 Å². The number of carbonyl (C=O) groups is 1. The molecule has 0 aliphatic heterocycles. The molecule has 0 heterocycles. The molecule has 0 saturated heterocycles. The molecule has 2 heteroatoms. The first-order chi connectivity index (χ1) is 12.1. The molecule has 0 aromatic heterocycles. The second kappa shape index (κ2) is 10.5. The molecule has 0 amide bonds. The van der Waals surface area contributed by atoms with E-state index in [2.05, 4.69) is 83.3 Å². The summed E-state index contributed by atoms with van der Waals surface area (Å²) in [4.78, 5) is 11.0. The van der Waals surface area contributed by atoms with Gasteiger partial charge in [-0.2, -0.15) is 0 Å². The molecule has 1 unspecified atom stereocenters. The molecule has 0 aromatic carbocycles. The molecular formula is C24H37NO. The highest BCUT2D eigenvalue weighted by Crippen LogP contribution is 2.40. The van der Waals surface area contributed by atoms with Crippen LogP contribution in [0.25, 0.3) is 0 Å². The molecular weight excluding hydrogens is 318 g/mol. The number of allylic oxidation sites excluding steroid dienone is 9. The van der Waals surface area contributed by atoms with Crippen LogP contribution in [0, 0.1) is 5.41 Å². The molecule has 1 rings (SSSR count). The standard InChI is InChI=1S/C24H37NO/c1-18(13-14-23-20(3)12-9-15-24(23,6)7)10-8-11-19(2)16-21(4)25-17-22(5)26/h8,10-11,13-14,16,21,25H,9,12,15,17H2,1-7H3/b11-8+,14-13+,18-10+,19-16+. The lowest BCUT2D eigenvalue weighted by Gasteiger charge is -2.32. The predicted octanol–water partition coefficient (Wildman–Crippen LogP) is 6.09. The fraction of sp³-hybridized carbons (Fsp3) is 0.542.